The summed E-state index contributed by atoms with van der Waals surface area (Å²) in [5, 5.41) is 11.2. The number of nitro benzene ring substituents is 1. The largest absolute Gasteiger partial charge is 0.385 e. The average molecular weight is 296 g/mol. The van der Waals surface area contributed by atoms with E-state index in [1.54, 1.807) is 26.4 Å². The Bertz CT molecular complexity index is 478. The number of nitro groups is 1. The lowest BCUT2D eigenvalue weighted by atomic mass is 10.1. The third kappa shape index (κ3) is 5.13. The molecule has 1 aromatic rings. The van der Waals surface area contributed by atoms with E-state index in [1.807, 2.05) is 4.90 Å². The van der Waals surface area contributed by atoms with Crippen LogP contribution in [0.3, 0.4) is 0 Å². The number of benzene rings is 1. The van der Waals surface area contributed by atoms with Gasteiger partial charge in [-0.25, -0.2) is 0 Å². The standard InChI is InChI=1S/C14H20N2O5/c1-20-8-3-6-15(7-9-21-2)13-5-4-12(11-17)10-14(13)16(18)19/h4-5,10-11H,3,6-9H2,1-2H3. The van der Waals surface area contributed by atoms with Crippen LogP contribution in [-0.2, 0) is 9.47 Å². The summed E-state index contributed by atoms with van der Waals surface area (Å²) in [5.41, 5.74) is 0.695. The fourth-order valence-corrected chi connectivity index (χ4v) is 1.98. The SMILES string of the molecule is COCCCN(CCOC)c1ccc(C=O)cc1[N+](=O)[O-]. The summed E-state index contributed by atoms with van der Waals surface area (Å²) < 4.78 is 10.1. The highest BCUT2D eigenvalue weighted by molar-refractivity contribution is 5.79. The van der Waals surface area contributed by atoms with Gasteiger partial charge in [0.1, 0.15) is 12.0 Å². The number of methoxy groups -OCH3 is 2. The van der Waals surface area contributed by atoms with Gasteiger partial charge in [0.15, 0.2) is 0 Å². The molecule has 0 heterocycles. The lowest BCUT2D eigenvalue weighted by Crippen LogP contribution is -2.29. The number of hydrogen-bond donors (Lipinski definition) is 0. The molecule has 0 radical (unpaired) electrons. The minimum atomic E-state index is -0.474. The summed E-state index contributed by atoms with van der Waals surface area (Å²) in [7, 11) is 3.19. The predicted molar refractivity (Wildman–Crippen MR) is 79.1 cm³/mol. The molecule has 21 heavy (non-hydrogen) atoms. The molecule has 0 amide bonds. The van der Waals surface area contributed by atoms with E-state index in [2.05, 4.69) is 0 Å². The van der Waals surface area contributed by atoms with Crippen LogP contribution >= 0.6 is 0 Å². The van der Waals surface area contributed by atoms with Crippen molar-refractivity contribution in [1.29, 1.82) is 0 Å². The van der Waals surface area contributed by atoms with Crippen molar-refractivity contribution in [2.24, 2.45) is 0 Å². The number of carbonyl (C=O) groups excluding carboxylic acids is 1. The van der Waals surface area contributed by atoms with Crippen molar-refractivity contribution in [3.63, 3.8) is 0 Å². The second-order valence-corrected chi connectivity index (χ2v) is 4.45. The molecule has 0 atom stereocenters. The normalized spacial score (nSPS) is 10.4. The first kappa shape index (κ1) is 17.1. The van der Waals surface area contributed by atoms with Gasteiger partial charge in [0.2, 0.25) is 0 Å². The highest BCUT2D eigenvalue weighted by atomic mass is 16.6. The number of rotatable bonds is 10. The maximum atomic E-state index is 11.2. The monoisotopic (exact) mass is 296 g/mol. The lowest BCUT2D eigenvalue weighted by Gasteiger charge is -2.24. The Hall–Kier alpha value is -1.99. The van der Waals surface area contributed by atoms with Crippen LogP contribution in [0.2, 0.25) is 0 Å². The summed E-state index contributed by atoms with van der Waals surface area (Å²) >= 11 is 0. The van der Waals surface area contributed by atoms with Gasteiger partial charge in [-0.1, -0.05) is 0 Å². The van der Waals surface area contributed by atoms with E-state index in [0.717, 1.165) is 6.42 Å². The maximum absolute atomic E-state index is 11.2. The van der Waals surface area contributed by atoms with Crippen LogP contribution in [0.5, 0.6) is 0 Å². The molecule has 0 unspecified atom stereocenters. The van der Waals surface area contributed by atoms with E-state index in [9.17, 15) is 14.9 Å². The Labute approximate surface area is 123 Å². The summed E-state index contributed by atoms with van der Waals surface area (Å²) in [6.45, 7) is 2.17. The number of carbonyl (C=O) groups is 1. The lowest BCUT2D eigenvalue weighted by molar-refractivity contribution is -0.384. The van der Waals surface area contributed by atoms with Gasteiger partial charge in [-0.15, -0.1) is 0 Å². The average Bonchev–Trinajstić information content (AvgIpc) is 2.50. The fourth-order valence-electron chi connectivity index (χ4n) is 1.98. The van der Waals surface area contributed by atoms with Crippen LogP contribution in [0.4, 0.5) is 11.4 Å². The van der Waals surface area contributed by atoms with Crippen LogP contribution in [0, 0.1) is 10.1 Å². The Morgan fingerprint density at radius 2 is 1.95 bits per heavy atom. The van der Waals surface area contributed by atoms with E-state index >= 15 is 0 Å². The molecule has 0 N–H and O–H groups in total. The van der Waals surface area contributed by atoms with Crippen LogP contribution in [0.1, 0.15) is 16.8 Å². The number of anilines is 1. The van der Waals surface area contributed by atoms with E-state index in [-0.39, 0.29) is 11.3 Å². The molecule has 0 aliphatic rings. The van der Waals surface area contributed by atoms with E-state index in [4.69, 9.17) is 9.47 Å². The summed E-state index contributed by atoms with van der Waals surface area (Å²) in [4.78, 5) is 23.4. The van der Waals surface area contributed by atoms with Crippen LogP contribution in [0.25, 0.3) is 0 Å². The van der Waals surface area contributed by atoms with Crippen molar-refractivity contribution in [3.05, 3.63) is 33.9 Å². The number of ether oxygens (including phenoxy) is 2. The Morgan fingerprint density at radius 3 is 2.52 bits per heavy atom. The van der Waals surface area contributed by atoms with Gasteiger partial charge in [-0.05, 0) is 18.6 Å². The summed E-state index contributed by atoms with van der Waals surface area (Å²) in [6.07, 6.45) is 1.34. The van der Waals surface area contributed by atoms with Gasteiger partial charge >= 0.3 is 0 Å². The molecule has 7 nitrogen and oxygen atoms in total. The molecule has 0 aromatic heterocycles. The molecule has 1 aromatic carbocycles. The number of hydrogen-bond acceptors (Lipinski definition) is 6. The van der Waals surface area contributed by atoms with Gasteiger partial charge < -0.3 is 14.4 Å². The fraction of sp³-hybridized carbons (Fsp3) is 0.500. The quantitative estimate of drug-likeness (QED) is 0.284. The minimum Gasteiger partial charge on any atom is -0.385 e. The van der Waals surface area contributed by atoms with Crippen molar-refractivity contribution < 1.29 is 19.2 Å². The highest BCUT2D eigenvalue weighted by Crippen LogP contribution is 2.29. The predicted octanol–water partition coefficient (Wildman–Crippen LogP) is 1.90. The molecule has 1 rings (SSSR count). The second-order valence-electron chi connectivity index (χ2n) is 4.45. The maximum Gasteiger partial charge on any atom is 0.293 e. The van der Waals surface area contributed by atoms with Crippen LogP contribution < -0.4 is 4.90 Å². The highest BCUT2D eigenvalue weighted by Gasteiger charge is 2.19. The Balaban J connectivity index is 3.03. The van der Waals surface area contributed by atoms with Crippen LogP contribution in [0.15, 0.2) is 18.2 Å². The Morgan fingerprint density at radius 1 is 1.24 bits per heavy atom. The molecule has 0 aliphatic heterocycles. The van der Waals surface area contributed by atoms with Gasteiger partial charge in [-0.3, -0.25) is 14.9 Å². The zero-order chi connectivity index (χ0) is 15.7. The first-order valence-corrected chi connectivity index (χ1v) is 6.60. The molecule has 0 bridgehead atoms. The molecule has 0 spiro atoms. The van der Waals surface area contributed by atoms with Crippen molar-refractivity contribution >= 4 is 17.7 Å². The van der Waals surface area contributed by atoms with Crippen molar-refractivity contribution in [2.45, 2.75) is 6.42 Å². The molecule has 7 heteroatoms. The zero-order valence-electron chi connectivity index (χ0n) is 12.3. The summed E-state index contributed by atoms with van der Waals surface area (Å²) in [6, 6.07) is 4.47. The van der Waals surface area contributed by atoms with Crippen molar-refractivity contribution in [2.75, 3.05) is 45.4 Å². The van der Waals surface area contributed by atoms with Crippen molar-refractivity contribution in [1.82, 2.24) is 0 Å². The van der Waals surface area contributed by atoms with Gasteiger partial charge in [-0.2, -0.15) is 0 Å². The smallest absolute Gasteiger partial charge is 0.293 e. The molecule has 0 saturated heterocycles. The number of nitrogens with zero attached hydrogens (tertiary/aromatic N) is 2. The van der Waals surface area contributed by atoms with Gasteiger partial charge in [0, 0.05) is 45.5 Å². The molecule has 116 valence electrons. The van der Waals surface area contributed by atoms with E-state index in [0.29, 0.717) is 38.3 Å². The Kier molecular flexibility index (Phi) is 7.34. The zero-order valence-corrected chi connectivity index (χ0v) is 12.3. The van der Waals surface area contributed by atoms with Gasteiger partial charge in [0.05, 0.1) is 11.5 Å². The number of aldehydes is 1. The second kappa shape index (κ2) is 9.04. The molecule has 0 aliphatic carbocycles. The van der Waals surface area contributed by atoms with Crippen molar-refractivity contribution in [3.8, 4) is 0 Å². The molecule has 0 fully saturated rings. The van der Waals surface area contributed by atoms with Crippen LogP contribution in [-0.4, -0.2) is 51.7 Å². The summed E-state index contributed by atoms with van der Waals surface area (Å²) in [5.74, 6) is 0. The third-order valence-corrected chi connectivity index (χ3v) is 3.01. The topological polar surface area (TPSA) is 81.9 Å². The minimum absolute atomic E-state index is 0.0758. The molecular formula is C14H20N2O5. The van der Waals surface area contributed by atoms with E-state index in [1.165, 1.54) is 6.07 Å². The van der Waals surface area contributed by atoms with Gasteiger partial charge in [0.25, 0.3) is 5.69 Å². The van der Waals surface area contributed by atoms with E-state index < -0.39 is 4.92 Å². The third-order valence-electron chi connectivity index (χ3n) is 3.01. The molecular weight excluding hydrogens is 276 g/mol. The first-order chi connectivity index (χ1) is 10.1. The molecule has 0 saturated carbocycles. The first-order valence-electron chi connectivity index (χ1n) is 6.60.